The topological polar surface area (TPSA) is 145 Å². The molecule has 0 aliphatic carbocycles. The van der Waals surface area contributed by atoms with E-state index in [0.29, 0.717) is 11.1 Å². The summed E-state index contributed by atoms with van der Waals surface area (Å²) >= 11 is 1.37. The first-order valence-electron chi connectivity index (χ1n) is 7.82. The molecule has 8 nitrogen and oxygen atoms in total. The average molecular weight is 422 g/mol. The summed E-state index contributed by atoms with van der Waals surface area (Å²) in [6.07, 6.45) is 0.715. The number of thiophene rings is 1. The van der Waals surface area contributed by atoms with Crippen LogP contribution in [0.25, 0.3) is 21.2 Å². The summed E-state index contributed by atoms with van der Waals surface area (Å²) in [5.74, 6) is 0.143. The van der Waals surface area contributed by atoms with Crippen LogP contribution in [0.3, 0.4) is 0 Å². The van der Waals surface area contributed by atoms with Gasteiger partial charge in [-0.25, -0.2) is 0 Å². The number of carbonyl (C=O) groups excluding carboxylic acids is 1. The fraction of sp³-hybridized carbons (Fsp3) is 0.111. The van der Waals surface area contributed by atoms with E-state index in [1.807, 2.05) is 48.5 Å². The number of benzene rings is 2. The van der Waals surface area contributed by atoms with Crippen molar-refractivity contribution in [2.45, 2.75) is 0 Å². The predicted octanol–water partition coefficient (Wildman–Crippen LogP) is 2.49. The Morgan fingerprint density at radius 3 is 2.29 bits per heavy atom. The number of fused-ring (bicyclic) bond motifs is 1. The lowest BCUT2D eigenvalue weighted by Crippen LogP contribution is -2.24. The number of nitrogens with two attached hydrogens (primary N) is 2. The Bertz CT molecular complexity index is 1110. The molecule has 1 heterocycles. The molecule has 5 N–H and O–H groups in total. The zero-order chi connectivity index (χ0) is 20.9. The molecule has 0 saturated carbocycles. The highest BCUT2D eigenvalue weighted by Crippen LogP contribution is 2.35. The van der Waals surface area contributed by atoms with Gasteiger partial charge in [-0.3, -0.25) is 9.35 Å². The van der Waals surface area contributed by atoms with Crippen molar-refractivity contribution in [2.75, 3.05) is 13.4 Å². The first-order chi connectivity index (χ1) is 13.1. The summed E-state index contributed by atoms with van der Waals surface area (Å²) in [6, 6.07) is 15.6. The van der Waals surface area contributed by atoms with Crippen LogP contribution in [0.1, 0.15) is 9.67 Å². The van der Waals surface area contributed by atoms with Crippen LogP contribution in [0, 0.1) is 0 Å². The van der Waals surface area contributed by atoms with E-state index in [4.69, 9.17) is 20.8 Å². The predicted molar refractivity (Wildman–Crippen MR) is 111 cm³/mol. The van der Waals surface area contributed by atoms with E-state index >= 15 is 0 Å². The average Bonchev–Trinajstić information content (AvgIpc) is 3.04. The molecule has 1 aromatic heterocycles. The number of guanidine groups is 1. The zero-order valence-corrected chi connectivity index (χ0v) is 16.8. The van der Waals surface area contributed by atoms with Crippen molar-refractivity contribution >= 4 is 43.4 Å². The Morgan fingerprint density at radius 1 is 1.14 bits per heavy atom. The van der Waals surface area contributed by atoms with E-state index in [9.17, 15) is 13.2 Å². The second-order valence-corrected chi connectivity index (χ2v) is 8.18. The van der Waals surface area contributed by atoms with E-state index in [2.05, 4.69) is 4.99 Å². The lowest BCUT2D eigenvalue weighted by atomic mass is 10.0. The molecule has 0 radical (unpaired) electrons. The van der Waals surface area contributed by atoms with Crippen LogP contribution >= 0.6 is 11.3 Å². The number of rotatable bonds is 3. The minimum absolute atomic E-state index is 0.233. The highest BCUT2D eigenvalue weighted by molar-refractivity contribution is 7.85. The maximum absolute atomic E-state index is 12.0. The molecular formula is C18H19N3O5S2. The summed E-state index contributed by atoms with van der Waals surface area (Å²) < 4.78 is 32.1. The molecule has 0 unspecified atom stereocenters. The van der Waals surface area contributed by atoms with Crippen molar-refractivity contribution in [3.8, 4) is 16.9 Å². The van der Waals surface area contributed by atoms with E-state index in [-0.39, 0.29) is 5.96 Å². The van der Waals surface area contributed by atoms with E-state index in [0.717, 1.165) is 27.0 Å². The molecule has 1 amide bonds. The zero-order valence-electron chi connectivity index (χ0n) is 15.1. The number of hydrogen-bond acceptors (Lipinski definition) is 5. The van der Waals surface area contributed by atoms with Crippen molar-refractivity contribution in [3.63, 3.8) is 0 Å². The van der Waals surface area contributed by atoms with E-state index in [1.165, 1.54) is 11.3 Å². The van der Waals surface area contributed by atoms with Gasteiger partial charge < -0.3 is 16.2 Å². The largest absolute Gasteiger partial charge is 0.497 e. The van der Waals surface area contributed by atoms with E-state index < -0.39 is 16.0 Å². The summed E-state index contributed by atoms with van der Waals surface area (Å²) in [5.41, 5.74) is 12.6. The van der Waals surface area contributed by atoms with Crippen molar-refractivity contribution in [2.24, 2.45) is 16.5 Å². The maximum atomic E-state index is 12.0. The van der Waals surface area contributed by atoms with Crippen LogP contribution in [-0.2, 0) is 10.1 Å². The Balaban J connectivity index is 0.000000500. The lowest BCUT2D eigenvalue weighted by Gasteiger charge is -2.05. The van der Waals surface area contributed by atoms with Crippen LogP contribution in [0.15, 0.2) is 53.5 Å². The van der Waals surface area contributed by atoms with Gasteiger partial charge in [0.1, 0.15) is 5.75 Å². The molecule has 0 fully saturated rings. The summed E-state index contributed by atoms with van der Waals surface area (Å²) in [5, 5.41) is 0.997. The fourth-order valence-electron chi connectivity index (χ4n) is 2.36. The molecule has 2 aromatic carbocycles. The Morgan fingerprint density at radius 2 is 1.75 bits per heavy atom. The Hall–Kier alpha value is -2.95. The third-order valence-corrected chi connectivity index (χ3v) is 4.49. The summed E-state index contributed by atoms with van der Waals surface area (Å²) in [6.45, 7) is 0. The Kier molecular flexibility index (Phi) is 6.73. The molecule has 0 saturated heterocycles. The van der Waals surface area contributed by atoms with Gasteiger partial charge in [0.2, 0.25) is 0 Å². The molecule has 0 bridgehead atoms. The first kappa shape index (κ1) is 21.4. The smallest absolute Gasteiger partial charge is 0.290 e. The van der Waals surface area contributed by atoms with Gasteiger partial charge in [0.15, 0.2) is 5.96 Å². The molecule has 0 aliphatic rings. The third kappa shape index (κ3) is 6.05. The van der Waals surface area contributed by atoms with Gasteiger partial charge in [0.05, 0.1) is 18.2 Å². The van der Waals surface area contributed by atoms with Crippen molar-refractivity contribution in [3.05, 3.63) is 53.4 Å². The molecule has 3 rings (SSSR count). The monoisotopic (exact) mass is 421 g/mol. The number of carbonyl (C=O) groups is 1. The number of ether oxygens (including phenoxy) is 1. The number of hydrogen-bond donors (Lipinski definition) is 3. The lowest BCUT2D eigenvalue weighted by molar-refractivity contribution is 0.101. The maximum Gasteiger partial charge on any atom is 0.290 e. The van der Waals surface area contributed by atoms with E-state index in [1.54, 1.807) is 7.11 Å². The van der Waals surface area contributed by atoms with Crippen molar-refractivity contribution in [1.82, 2.24) is 0 Å². The highest BCUT2D eigenvalue weighted by atomic mass is 32.2. The van der Waals surface area contributed by atoms with Crippen LogP contribution in [0.5, 0.6) is 5.75 Å². The SMILES string of the molecule is COc1ccc(-c2cccc3sc(C(=O)N=C(N)N)cc23)cc1.CS(=O)(=O)O. The number of amides is 1. The van der Waals surface area contributed by atoms with Crippen LogP contribution in [0.4, 0.5) is 0 Å². The standard InChI is InChI=1S/C17H15N3O2S.CH4O3S/c1-22-11-7-5-10(6-8-11)12-3-2-4-14-13(12)9-15(23-14)16(21)20-17(18)19;1-5(2,3)4/h2-9H,1H3,(H4,18,19,20,21);1H3,(H,2,3,4). The third-order valence-electron chi connectivity index (χ3n) is 3.40. The van der Waals surface area contributed by atoms with Gasteiger partial charge in [-0.15, -0.1) is 11.3 Å². The van der Waals surface area contributed by atoms with Crippen molar-refractivity contribution in [1.29, 1.82) is 0 Å². The van der Waals surface area contributed by atoms with Crippen molar-refractivity contribution < 1.29 is 22.5 Å². The molecular weight excluding hydrogens is 402 g/mol. The molecule has 0 atom stereocenters. The second kappa shape index (κ2) is 8.83. The molecule has 3 aromatic rings. The number of nitrogens with zero attached hydrogens (tertiary/aromatic N) is 1. The van der Waals surface area contributed by atoms with Gasteiger partial charge in [-0.05, 0) is 35.4 Å². The van der Waals surface area contributed by atoms with Crippen LogP contribution < -0.4 is 16.2 Å². The van der Waals surface area contributed by atoms with Gasteiger partial charge in [-0.1, -0.05) is 24.3 Å². The first-order valence-corrected chi connectivity index (χ1v) is 10.5. The van der Waals surface area contributed by atoms with Gasteiger partial charge in [0, 0.05) is 10.1 Å². The molecule has 0 aliphatic heterocycles. The van der Waals surface area contributed by atoms with Gasteiger partial charge in [0.25, 0.3) is 16.0 Å². The highest BCUT2D eigenvalue weighted by Gasteiger charge is 2.13. The molecule has 28 heavy (non-hydrogen) atoms. The number of methoxy groups -OCH3 is 1. The molecule has 10 heteroatoms. The minimum atomic E-state index is -3.67. The summed E-state index contributed by atoms with van der Waals surface area (Å²) in [4.78, 5) is 16.1. The normalized spacial score (nSPS) is 10.7. The molecule has 0 spiro atoms. The van der Waals surface area contributed by atoms with Gasteiger partial charge >= 0.3 is 0 Å². The Labute approximate surface area is 166 Å². The fourth-order valence-corrected chi connectivity index (χ4v) is 3.33. The second-order valence-electron chi connectivity index (χ2n) is 5.63. The summed E-state index contributed by atoms with van der Waals surface area (Å²) in [7, 11) is -2.03. The van der Waals surface area contributed by atoms with Crippen LogP contribution in [0.2, 0.25) is 0 Å². The van der Waals surface area contributed by atoms with Crippen LogP contribution in [-0.4, -0.2) is 38.2 Å². The number of aliphatic imine (C=N–C) groups is 1. The molecule has 148 valence electrons. The van der Waals surface area contributed by atoms with Gasteiger partial charge in [-0.2, -0.15) is 13.4 Å². The quantitative estimate of drug-likeness (QED) is 0.334. The minimum Gasteiger partial charge on any atom is -0.497 e.